The molecule has 1 atom stereocenters. The molecule has 94 valence electrons. The molecule has 0 amide bonds. The van der Waals surface area contributed by atoms with Gasteiger partial charge in [0, 0.05) is 18.8 Å². The summed E-state index contributed by atoms with van der Waals surface area (Å²) in [5.74, 6) is 0. The lowest BCUT2D eigenvalue weighted by Crippen LogP contribution is -2.13. The maximum Gasteiger partial charge on any atom is 0.0827 e. The van der Waals surface area contributed by atoms with E-state index >= 15 is 0 Å². The maximum atomic E-state index is 5.76. The van der Waals surface area contributed by atoms with Crippen LogP contribution in [0.1, 0.15) is 42.8 Å². The molecule has 0 bridgehead atoms. The molecule has 0 aromatic carbocycles. The molecule has 1 aliphatic rings. The lowest BCUT2D eigenvalue weighted by Gasteiger charge is -2.15. The highest BCUT2D eigenvalue weighted by Crippen LogP contribution is 2.29. The van der Waals surface area contributed by atoms with E-state index in [1.165, 1.54) is 17.7 Å². The zero-order valence-corrected chi connectivity index (χ0v) is 11.1. The normalized spacial score (nSPS) is 20.1. The first kappa shape index (κ1) is 12.5. The minimum Gasteiger partial charge on any atom is -0.374 e. The van der Waals surface area contributed by atoms with Crippen molar-refractivity contribution < 1.29 is 4.74 Å². The summed E-state index contributed by atoms with van der Waals surface area (Å²) in [4.78, 5) is 6.82. The van der Waals surface area contributed by atoms with Gasteiger partial charge >= 0.3 is 0 Å². The van der Waals surface area contributed by atoms with Gasteiger partial charge in [0.2, 0.25) is 0 Å². The Hall–Kier alpha value is -0.930. The van der Waals surface area contributed by atoms with Crippen molar-refractivity contribution in [2.45, 2.75) is 38.8 Å². The van der Waals surface area contributed by atoms with Gasteiger partial charge in [0.05, 0.1) is 11.8 Å². The second-order valence-electron chi connectivity index (χ2n) is 4.98. The number of hydrogen-bond acceptors (Lipinski definition) is 3. The van der Waals surface area contributed by atoms with Crippen LogP contribution in [0.25, 0.3) is 0 Å². The predicted molar refractivity (Wildman–Crippen MR) is 68.9 cm³/mol. The Labute approximate surface area is 104 Å². The summed E-state index contributed by atoms with van der Waals surface area (Å²) in [6.07, 6.45) is 3.61. The van der Waals surface area contributed by atoms with Gasteiger partial charge in [-0.2, -0.15) is 0 Å². The third-order valence-corrected chi connectivity index (χ3v) is 3.10. The molecule has 17 heavy (non-hydrogen) atoms. The molecule has 0 aliphatic carbocycles. The molecular formula is C14H22N2O. The van der Waals surface area contributed by atoms with Crippen molar-refractivity contribution in [1.82, 2.24) is 9.88 Å². The van der Waals surface area contributed by atoms with E-state index in [0.717, 1.165) is 31.7 Å². The number of aromatic nitrogens is 1. The first-order valence-corrected chi connectivity index (χ1v) is 6.45. The first-order valence-electron chi connectivity index (χ1n) is 6.45. The number of pyridine rings is 1. The van der Waals surface area contributed by atoms with Crippen molar-refractivity contribution in [2.24, 2.45) is 0 Å². The van der Waals surface area contributed by atoms with Gasteiger partial charge in [-0.1, -0.05) is 6.92 Å². The number of ether oxygens (including phenoxy) is 1. The largest absolute Gasteiger partial charge is 0.374 e. The summed E-state index contributed by atoms with van der Waals surface area (Å²) in [6.45, 7) is 3.95. The first-order chi connectivity index (χ1) is 8.19. The molecule has 0 N–H and O–H groups in total. The Morgan fingerprint density at radius 2 is 2.12 bits per heavy atom. The van der Waals surface area contributed by atoms with E-state index < -0.39 is 0 Å². The molecule has 0 radical (unpaired) electrons. The molecule has 1 aromatic rings. The fourth-order valence-electron chi connectivity index (χ4n) is 2.29. The number of aryl methyl sites for hydroxylation is 1. The molecule has 0 unspecified atom stereocenters. The van der Waals surface area contributed by atoms with Gasteiger partial charge in [0.15, 0.2) is 0 Å². The van der Waals surface area contributed by atoms with E-state index in [1.54, 1.807) is 0 Å². The molecule has 0 spiro atoms. The molecule has 3 nitrogen and oxygen atoms in total. The van der Waals surface area contributed by atoms with Gasteiger partial charge in [-0.25, -0.2) is 0 Å². The lowest BCUT2D eigenvalue weighted by atomic mass is 10.0. The van der Waals surface area contributed by atoms with Crippen molar-refractivity contribution in [3.8, 4) is 0 Å². The minimum atomic E-state index is 0.296. The Balaban J connectivity index is 2.24. The Kier molecular flexibility index (Phi) is 4.13. The fourth-order valence-corrected chi connectivity index (χ4v) is 2.29. The van der Waals surface area contributed by atoms with E-state index in [0.29, 0.717) is 6.10 Å². The third-order valence-electron chi connectivity index (χ3n) is 3.10. The topological polar surface area (TPSA) is 25.4 Å². The van der Waals surface area contributed by atoms with Gasteiger partial charge in [-0.05, 0) is 51.1 Å². The van der Waals surface area contributed by atoms with Crippen LogP contribution < -0.4 is 0 Å². The molecule has 2 rings (SSSR count). The van der Waals surface area contributed by atoms with Crippen molar-refractivity contribution in [1.29, 1.82) is 0 Å². The van der Waals surface area contributed by atoms with Gasteiger partial charge in [-0.3, -0.25) is 4.98 Å². The summed E-state index contributed by atoms with van der Waals surface area (Å²) in [5.41, 5.74) is 3.64. The fraction of sp³-hybridized carbons (Fsp3) is 0.643. The highest BCUT2D eigenvalue weighted by atomic mass is 16.5. The highest BCUT2D eigenvalue weighted by molar-refractivity contribution is 5.24. The van der Waals surface area contributed by atoms with Gasteiger partial charge < -0.3 is 9.64 Å². The van der Waals surface area contributed by atoms with Crippen LogP contribution in [-0.2, 0) is 17.7 Å². The summed E-state index contributed by atoms with van der Waals surface area (Å²) in [6, 6.07) is 4.41. The Morgan fingerprint density at radius 3 is 2.71 bits per heavy atom. The van der Waals surface area contributed by atoms with Crippen molar-refractivity contribution in [3.63, 3.8) is 0 Å². The van der Waals surface area contributed by atoms with Crippen LogP contribution in [0.3, 0.4) is 0 Å². The van der Waals surface area contributed by atoms with Gasteiger partial charge in [0.25, 0.3) is 0 Å². The van der Waals surface area contributed by atoms with Crippen LogP contribution in [0.4, 0.5) is 0 Å². The minimum absolute atomic E-state index is 0.296. The van der Waals surface area contributed by atoms with Crippen LogP contribution in [0.15, 0.2) is 12.1 Å². The molecular weight excluding hydrogens is 212 g/mol. The van der Waals surface area contributed by atoms with Crippen LogP contribution in [-0.4, -0.2) is 30.6 Å². The van der Waals surface area contributed by atoms with Crippen molar-refractivity contribution in [2.75, 3.05) is 20.7 Å². The molecule has 1 fully saturated rings. The molecule has 1 aromatic heterocycles. The van der Waals surface area contributed by atoms with E-state index in [9.17, 15) is 0 Å². The highest BCUT2D eigenvalue weighted by Gasteiger charge is 2.19. The second-order valence-corrected chi connectivity index (χ2v) is 4.98. The van der Waals surface area contributed by atoms with Crippen molar-refractivity contribution in [3.05, 3.63) is 29.1 Å². The van der Waals surface area contributed by atoms with E-state index in [4.69, 9.17) is 4.74 Å². The Bertz CT molecular complexity index is 370. The average Bonchev–Trinajstić information content (AvgIpc) is 2.81. The van der Waals surface area contributed by atoms with Gasteiger partial charge in [0.1, 0.15) is 0 Å². The second kappa shape index (κ2) is 5.61. The van der Waals surface area contributed by atoms with Crippen LogP contribution in [0.5, 0.6) is 0 Å². The zero-order chi connectivity index (χ0) is 12.3. The molecule has 0 saturated carbocycles. The molecule has 3 heteroatoms. The lowest BCUT2D eigenvalue weighted by molar-refractivity contribution is 0.111. The quantitative estimate of drug-likeness (QED) is 0.800. The number of nitrogens with zero attached hydrogens (tertiary/aromatic N) is 2. The van der Waals surface area contributed by atoms with Crippen molar-refractivity contribution >= 4 is 0 Å². The smallest absolute Gasteiger partial charge is 0.0827 e. The standard InChI is InChI=1S/C14H22N2O/c1-4-12-8-11(14-6-5-7-17-14)9-13(15-12)10-16(2)3/h8-9,14H,4-7,10H2,1-3H3/t14-/m1/s1. The molecule has 2 heterocycles. The van der Waals surface area contributed by atoms with Crippen LogP contribution in [0, 0.1) is 0 Å². The average molecular weight is 234 g/mol. The number of hydrogen-bond donors (Lipinski definition) is 0. The zero-order valence-electron chi connectivity index (χ0n) is 11.1. The molecule has 1 saturated heterocycles. The van der Waals surface area contributed by atoms with E-state index in [-0.39, 0.29) is 0 Å². The Morgan fingerprint density at radius 1 is 1.35 bits per heavy atom. The SMILES string of the molecule is CCc1cc([C@H]2CCCO2)cc(CN(C)C)n1. The summed E-state index contributed by atoms with van der Waals surface area (Å²) < 4.78 is 5.76. The third kappa shape index (κ3) is 3.27. The molecule has 1 aliphatic heterocycles. The number of rotatable bonds is 4. The van der Waals surface area contributed by atoms with Crippen LogP contribution >= 0.6 is 0 Å². The summed E-state index contributed by atoms with van der Waals surface area (Å²) in [7, 11) is 4.15. The maximum absolute atomic E-state index is 5.76. The summed E-state index contributed by atoms with van der Waals surface area (Å²) in [5, 5.41) is 0. The predicted octanol–water partition coefficient (Wildman–Crippen LogP) is 2.56. The summed E-state index contributed by atoms with van der Waals surface area (Å²) >= 11 is 0. The van der Waals surface area contributed by atoms with E-state index in [2.05, 4.69) is 43.0 Å². The monoisotopic (exact) mass is 234 g/mol. The van der Waals surface area contributed by atoms with E-state index in [1.807, 2.05) is 0 Å². The van der Waals surface area contributed by atoms with Crippen LogP contribution in [0.2, 0.25) is 0 Å². The van der Waals surface area contributed by atoms with Gasteiger partial charge in [-0.15, -0.1) is 0 Å².